The normalized spacial score (nSPS) is 41.9. The average Bonchev–Trinajstić information content (AvgIpc) is 3.49. The van der Waals surface area contributed by atoms with Crippen LogP contribution in [0.5, 0.6) is 0 Å². The first-order valence-electron chi connectivity index (χ1n) is 12.7. The predicted octanol–water partition coefficient (Wildman–Crippen LogP) is 5.08. The smallest absolute Gasteiger partial charge is 0.303 e. The van der Waals surface area contributed by atoms with Crippen LogP contribution in [0.1, 0.15) is 70.8 Å². The first-order chi connectivity index (χ1) is 16.7. The number of ketones is 2. The van der Waals surface area contributed by atoms with E-state index in [2.05, 4.69) is 22.9 Å². The number of rotatable bonds is 4. The Morgan fingerprint density at radius 1 is 1.17 bits per heavy atom. The van der Waals surface area contributed by atoms with Gasteiger partial charge in [0.05, 0.1) is 6.10 Å². The minimum Gasteiger partial charge on any atom is -0.458 e. The van der Waals surface area contributed by atoms with Gasteiger partial charge in [-0.3, -0.25) is 14.4 Å². The van der Waals surface area contributed by atoms with Crippen molar-refractivity contribution >= 4 is 33.5 Å². The van der Waals surface area contributed by atoms with Crippen molar-refractivity contribution in [1.29, 1.82) is 0 Å². The lowest BCUT2D eigenvalue weighted by molar-refractivity contribution is -0.190. The van der Waals surface area contributed by atoms with E-state index < -0.39 is 29.4 Å². The van der Waals surface area contributed by atoms with Gasteiger partial charge in [-0.05, 0) is 96.3 Å². The molecule has 8 heteroatoms. The van der Waals surface area contributed by atoms with Crippen LogP contribution in [0.25, 0.3) is 0 Å². The Labute approximate surface area is 213 Å². The van der Waals surface area contributed by atoms with E-state index in [0.29, 0.717) is 34.6 Å². The maximum Gasteiger partial charge on any atom is 0.303 e. The molecule has 5 aliphatic rings. The van der Waals surface area contributed by atoms with Crippen LogP contribution in [0.2, 0.25) is 0 Å². The summed E-state index contributed by atoms with van der Waals surface area (Å²) in [5.41, 5.74) is -0.304. The van der Waals surface area contributed by atoms with Gasteiger partial charge in [-0.15, -0.1) is 0 Å². The molecule has 188 valence electrons. The number of carbonyl (C=O) groups is 3. The van der Waals surface area contributed by atoms with Gasteiger partial charge in [0.1, 0.15) is 0 Å². The highest BCUT2D eigenvalue weighted by Crippen LogP contribution is 2.69. The number of carbonyl (C=O) groups excluding carboxylic acids is 3. The summed E-state index contributed by atoms with van der Waals surface area (Å²) >= 11 is 3.33. The monoisotopic (exact) mass is 546 g/mol. The van der Waals surface area contributed by atoms with Crippen molar-refractivity contribution in [2.75, 3.05) is 6.61 Å². The van der Waals surface area contributed by atoms with E-state index in [0.717, 1.165) is 38.5 Å². The average molecular weight is 547 g/mol. The highest BCUT2D eigenvalue weighted by Gasteiger charge is 2.74. The predicted molar refractivity (Wildman–Crippen MR) is 127 cm³/mol. The summed E-state index contributed by atoms with van der Waals surface area (Å²) in [6, 6.07) is 3.57. The van der Waals surface area contributed by atoms with E-state index in [9.17, 15) is 14.4 Å². The lowest BCUT2D eigenvalue weighted by Gasteiger charge is -2.55. The van der Waals surface area contributed by atoms with Crippen LogP contribution in [-0.4, -0.2) is 35.8 Å². The van der Waals surface area contributed by atoms with E-state index in [4.69, 9.17) is 18.6 Å². The molecule has 0 amide bonds. The number of hydrogen-bond acceptors (Lipinski definition) is 7. The van der Waals surface area contributed by atoms with Gasteiger partial charge in [0.2, 0.25) is 12.1 Å². The van der Waals surface area contributed by atoms with Crippen molar-refractivity contribution < 1.29 is 33.0 Å². The Morgan fingerprint density at radius 3 is 2.74 bits per heavy atom. The molecule has 0 N–H and O–H groups in total. The van der Waals surface area contributed by atoms with Crippen molar-refractivity contribution in [3.05, 3.63) is 34.2 Å². The molecule has 0 unspecified atom stereocenters. The van der Waals surface area contributed by atoms with Crippen LogP contribution in [-0.2, 0) is 28.6 Å². The molecule has 4 fully saturated rings. The van der Waals surface area contributed by atoms with Crippen molar-refractivity contribution in [2.45, 2.75) is 76.8 Å². The Balaban J connectivity index is 1.34. The number of fused-ring (bicyclic) bond motifs is 7. The zero-order valence-corrected chi connectivity index (χ0v) is 21.7. The molecule has 1 aromatic heterocycles. The molecular formula is C27H31BrO7. The molecule has 0 bridgehead atoms. The third kappa shape index (κ3) is 3.46. The second-order valence-electron chi connectivity index (χ2n) is 11.2. The van der Waals surface area contributed by atoms with Crippen molar-refractivity contribution in [3.63, 3.8) is 0 Å². The zero-order valence-electron chi connectivity index (χ0n) is 20.1. The molecule has 35 heavy (non-hydrogen) atoms. The molecule has 6 rings (SSSR count). The number of esters is 1. The molecule has 4 aliphatic carbocycles. The first-order valence-corrected chi connectivity index (χ1v) is 13.5. The van der Waals surface area contributed by atoms with Crippen LogP contribution in [0.3, 0.4) is 0 Å². The molecule has 2 heterocycles. The van der Waals surface area contributed by atoms with Crippen LogP contribution in [0.4, 0.5) is 0 Å². The van der Waals surface area contributed by atoms with Crippen molar-refractivity contribution in [3.8, 4) is 0 Å². The number of Topliss-reactive ketones (excluding diaryl/α,β-unsaturated/α-hetero) is 1. The SMILES string of the molecule is CC(=O)OCC(=O)[C@@]12O[C@H](c3ccc(Br)o3)O[C@@H]1C[C@H]1[C@@H]3CCC4=CC(=O)CC[C@@H]4[C@H]3CC[C@@]12C. The highest BCUT2D eigenvalue weighted by atomic mass is 79.9. The quantitative estimate of drug-likeness (QED) is 0.486. The van der Waals surface area contributed by atoms with Gasteiger partial charge in [0.25, 0.3) is 0 Å². The van der Waals surface area contributed by atoms with Crippen LogP contribution in [0.15, 0.2) is 32.9 Å². The van der Waals surface area contributed by atoms with Crippen molar-refractivity contribution in [1.82, 2.24) is 0 Å². The summed E-state index contributed by atoms with van der Waals surface area (Å²) in [5.74, 6) is 1.77. The highest BCUT2D eigenvalue weighted by molar-refractivity contribution is 9.10. The first kappa shape index (κ1) is 23.6. The fourth-order valence-electron chi connectivity index (χ4n) is 8.29. The molecule has 1 aromatic rings. The topological polar surface area (TPSA) is 92.0 Å². The third-order valence-corrected chi connectivity index (χ3v) is 10.1. The Hall–Kier alpha value is -1.77. The third-order valence-electron chi connectivity index (χ3n) is 9.69. The molecule has 1 saturated heterocycles. The summed E-state index contributed by atoms with van der Waals surface area (Å²) in [6.07, 6.45) is 6.80. The van der Waals surface area contributed by atoms with Gasteiger partial charge in [-0.25, -0.2) is 0 Å². The number of halogens is 1. The van der Waals surface area contributed by atoms with E-state index >= 15 is 0 Å². The maximum absolute atomic E-state index is 13.9. The van der Waals surface area contributed by atoms with Gasteiger partial charge in [-0.1, -0.05) is 12.5 Å². The lowest BCUT2D eigenvalue weighted by Crippen LogP contribution is -2.60. The minimum atomic E-state index is -1.19. The van der Waals surface area contributed by atoms with Gasteiger partial charge in [0, 0.05) is 18.8 Å². The number of allylic oxidation sites excluding steroid dienone is 1. The Morgan fingerprint density at radius 2 is 2.00 bits per heavy atom. The number of hydrogen-bond donors (Lipinski definition) is 0. The molecule has 0 radical (unpaired) electrons. The molecule has 1 aliphatic heterocycles. The molecular weight excluding hydrogens is 516 g/mol. The Bertz CT molecular complexity index is 1110. The van der Waals surface area contributed by atoms with Crippen LogP contribution >= 0.6 is 15.9 Å². The van der Waals surface area contributed by atoms with Gasteiger partial charge >= 0.3 is 5.97 Å². The minimum absolute atomic E-state index is 0.228. The summed E-state index contributed by atoms with van der Waals surface area (Å²) in [5, 5.41) is 0. The van der Waals surface area contributed by atoms with Crippen molar-refractivity contribution in [2.24, 2.45) is 29.1 Å². The van der Waals surface area contributed by atoms with Crippen LogP contribution in [0, 0.1) is 29.1 Å². The van der Waals surface area contributed by atoms with E-state index in [-0.39, 0.29) is 24.1 Å². The van der Waals surface area contributed by atoms with Crippen LogP contribution < -0.4 is 0 Å². The van der Waals surface area contributed by atoms with E-state index in [1.165, 1.54) is 12.5 Å². The van der Waals surface area contributed by atoms with Gasteiger partial charge in [-0.2, -0.15) is 0 Å². The molecule has 0 spiro atoms. The van der Waals surface area contributed by atoms with E-state index in [1.54, 1.807) is 12.1 Å². The maximum atomic E-state index is 13.9. The van der Waals surface area contributed by atoms with Gasteiger partial charge in [0.15, 0.2) is 28.4 Å². The fraction of sp³-hybridized carbons (Fsp3) is 0.667. The summed E-state index contributed by atoms with van der Waals surface area (Å²) in [4.78, 5) is 37.4. The van der Waals surface area contributed by atoms with Gasteiger partial charge < -0.3 is 18.6 Å². The number of furan rings is 1. The summed E-state index contributed by atoms with van der Waals surface area (Å²) in [6.45, 7) is 3.17. The fourth-order valence-corrected chi connectivity index (χ4v) is 8.61. The zero-order chi connectivity index (χ0) is 24.5. The molecule has 0 aromatic carbocycles. The summed E-state index contributed by atoms with van der Waals surface area (Å²) < 4.78 is 24.5. The number of ether oxygens (including phenoxy) is 3. The largest absolute Gasteiger partial charge is 0.458 e. The second kappa shape index (κ2) is 8.38. The Kier molecular flexibility index (Phi) is 5.66. The second-order valence-corrected chi connectivity index (χ2v) is 11.9. The molecule has 8 atom stereocenters. The van der Waals surface area contributed by atoms with E-state index in [1.807, 2.05) is 6.08 Å². The molecule has 3 saturated carbocycles. The lowest BCUT2D eigenvalue weighted by atomic mass is 9.50. The standard InChI is InChI=1S/C27H31BrO7/c1-14(29)32-13-22(31)27-23(34-25(35-27)21-7-8-24(28)33-21)12-20-19-5-3-15-11-16(30)4-6-17(15)18(19)9-10-26(20,27)2/h7-8,11,17-20,23,25H,3-6,9-10,12-13H2,1-2H3/t17-,18+,19+,20-,23+,25+,26-,27+/m0/s1. The molecule has 7 nitrogen and oxygen atoms in total. The summed E-state index contributed by atoms with van der Waals surface area (Å²) in [7, 11) is 0.